The van der Waals surface area contributed by atoms with E-state index < -0.39 is 12.5 Å². The fraction of sp³-hybridized carbons (Fsp3) is 0.286. The summed E-state index contributed by atoms with van der Waals surface area (Å²) in [5.41, 5.74) is 2.73. The molecule has 0 spiro atoms. The number of aromatic nitrogens is 2. The number of nitrogens with zero attached hydrogens (tertiary/aromatic N) is 2. The number of anilines is 3. The summed E-state index contributed by atoms with van der Waals surface area (Å²) >= 11 is 6.05. The summed E-state index contributed by atoms with van der Waals surface area (Å²) in [7, 11) is 0. The number of aldehydes is 1. The van der Waals surface area contributed by atoms with Gasteiger partial charge in [-0.2, -0.15) is 18.2 Å². The van der Waals surface area contributed by atoms with Crippen LogP contribution in [0.3, 0.4) is 0 Å². The van der Waals surface area contributed by atoms with Crippen molar-refractivity contribution in [3.63, 3.8) is 0 Å². The molecule has 1 saturated heterocycles. The van der Waals surface area contributed by atoms with Crippen molar-refractivity contribution in [1.29, 1.82) is 0 Å². The number of halogens is 4. The number of carbonyl (C=O) groups excluding carboxylic acids is 1. The van der Waals surface area contributed by atoms with Crippen LogP contribution in [0.1, 0.15) is 12.8 Å². The predicted molar refractivity (Wildman–Crippen MR) is 116 cm³/mol. The lowest BCUT2D eigenvalue weighted by molar-refractivity contribution is -0.156. The molecule has 1 aliphatic heterocycles. The number of rotatable bonds is 5. The smallest absolute Gasteiger partial charge is 0.446 e. The topological polar surface area (TPSA) is 92.1 Å². The molecule has 3 N–H and O–H groups in total. The maximum absolute atomic E-state index is 10.4. The summed E-state index contributed by atoms with van der Waals surface area (Å²) in [5.74, 6) is 1.33. The van der Waals surface area contributed by atoms with E-state index in [9.17, 15) is 13.2 Å². The van der Waals surface area contributed by atoms with Gasteiger partial charge in [0.25, 0.3) is 0 Å². The van der Waals surface area contributed by atoms with Crippen molar-refractivity contribution < 1.29 is 22.4 Å². The number of carbonyl (C=O) groups is 1. The summed E-state index contributed by atoms with van der Waals surface area (Å²) in [4.78, 5) is 17.9. The summed E-state index contributed by atoms with van der Waals surface area (Å²) < 4.78 is 36.5. The van der Waals surface area contributed by atoms with Crippen molar-refractivity contribution in [2.75, 3.05) is 23.7 Å². The molecular formula is C21H21ClF3N5O2. The molecular weight excluding hydrogens is 447 g/mol. The summed E-state index contributed by atoms with van der Waals surface area (Å²) in [6.07, 6.45) is 1.59. The monoisotopic (exact) mass is 467 g/mol. The van der Waals surface area contributed by atoms with E-state index in [-0.39, 0.29) is 0 Å². The van der Waals surface area contributed by atoms with Crippen LogP contribution in [0.2, 0.25) is 5.02 Å². The molecule has 0 atom stereocenters. The standard InChI is InChI=1S/C19H20ClN5O.C2HF3O/c20-14-2-1-3-16(10-14)24-19-22-11-17(13-6-9-26-12-13)18(25-19)23-15-4-7-21-8-5-15;3-2(4,5)1-6/h1-3,6,9-12,15,21H,4-5,7-8H2,(H2,22,23,24,25);1H. The average Bonchev–Trinajstić information content (AvgIpc) is 3.29. The maximum atomic E-state index is 10.4. The number of benzene rings is 1. The molecule has 32 heavy (non-hydrogen) atoms. The van der Waals surface area contributed by atoms with E-state index >= 15 is 0 Å². The van der Waals surface area contributed by atoms with E-state index in [1.807, 2.05) is 36.5 Å². The lowest BCUT2D eigenvalue weighted by atomic mass is 10.1. The molecule has 0 unspecified atom stereocenters. The third-order valence-electron chi connectivity index (χ3n) is 4.52. The van der Waals surface area contributed by atoms with E-state index in [1.165, 1.54) is 0 Å². The average molecular weight is 468 g/mol. The zero-order valence-corrected chi connectivity index (χ0v) is 17.6. The largest absolute Gasteiger partial charge is 0.472 e. The second-order valence-electron chi connectivity index (χ2n) is 6.93. The molecule has 0 amide bonds. The van der Waals surface area contributed by atoms with Crippen molar-refractivity contribution in [3.8, 4) is 11.1 Å². The third kappa shape index (κ3) is 7.24. The van der Waals surface area contributed by atoms with Gasteiger partial charge < -0.3 is 20.4 Å². The van der Waals surface area contributed by atoms with Gasteiger partial charge in [0.1, 0.15) is 5.82 Å². The third-order valence-corrected chi connectivity index (χ3v) is 4.75. The van der Waals surface area contributed by atoms with Crippen LogP contribution in [-0.2, 0) is 4.79 Å². The van der Waals surface area contributed by atoms with Crippen LogP contribution in [-0.4, -0.2) is 41.6 Å². The highest BCUT2D eigenvalue weighted by molar-refractivity contribution is 6.30. The van der Waals surface area contributed by atoms with Crippen molar-refractivity contribution in [2.45, 2.75) is 25.1 Å². The number of hydrogen-bond acceptors (Lipinski definition) is 7. The Balaban J connectivity index is 0.000000427. The van der Waals surface area contributed by atoms with E-state index in [4.69, 9.17) is 25.8 Å². The van der Waals surface area contributed by atoms with Crippen LogP contribution in [0.15, 0.2) is 53.5 Å². The van der Waals surface area contributed by atoms with Gasteiger partial charge >= 0.3 is 6.18 Å². The van der Waals surface area contributed by atoms with Gasteiger partial charge in [-0.25, -0.2) is 4.98 Å². The molecule has 3 aromatic rings. The summed E-state index contributed by atoms with van der Waals surface area (Å²) in [6, 6.07) is 9.79. The Labute approximate surface area is 187 Å². The first-order valence-electron chi connectivity index (χ1n) is 9.76. The minimum Gasteiger partial charge on any atom is -0.472 e. The van der Waals surface area contributed by atoms with Crippen molar-refractivity contribution in [2.24, 2.45) is 0 Å². The lowest BCUT2D eigenvalue weighted by Gasteiger charge is -2.25. The first-order chi connectivity index (χ1) is 15.3. The van der Waals surface area contributed by atoms with Gasteiger partial charge in [-0.05, 0) is 50.2 Å². The molecule has 7 nitrogen and oxygen atoms in total. The van der Waals surface area contributed by atoms with E-state index in [1.54, 1.807) is 12.5 Å². The second-order valence-corrected chi connectivity index (χ2v) is 7.37. The van der Waals surface area contributed by atoms with Crippen molar-refractivity contribution in [1.82, 2.24) is 15.3 Å². The van der Waals surface area contributed by atoms with Crippen molar-refractivity contribution >= 4 is 35.3 Å². The van der Waals surface area contributed by atoms with Gasteiger partial charge in [0.2, 0.25) is 12.2 Å². The molecule has 11 heteroatoms. The first-order valence-corrected chi connectivity index (χ1v) is 10.1. The highest BCUT2D eigenvalue weighted by atomic mass is 35.5. The summed E-state index contributed by atoms with van der Waals surface area (Å²) in [6.45, 7) is 2.02. The molecule has 4 rings (SSSR count). The van der Waals surface area contributed by atoms with Gasteiger partial charge in [0.05, 0.1) is 12.5 Å². The zero-order valence-electron chi connectivity index (χ0n) is 16.8. The van der Waals surface area contributed by atoms with Crippen LogP contribution in [0.4, 0.5) is 30.6 Å². The molecule has 1 fully saturated rings. The highest BCUT2D eigenvalue weighted by Crippen LogP contribution is 2.29. The molecule has 0 bridgehead atoms. The number of hydrogen-bond donors (Lipinski definition) is 3. The number of piperidine rings is 1. The van der Waals surface area contributed by atoms with Gasteiger partial charge in [-0.3, -0.25) is 4.79 Å². The molecule has 0 saturated carbocycles. The Hall–Kier alpha value is -3.11. The van der Waals surface area contributed by atoms with Crippen LogP contribution >= 0.6 is 11.6 Å². The molecule has 0 aliphatic carbocycles. The minimum absolute atomic E-state index is 0.385. The SMILES string of the molecule is Clc1cccc(Nc2ncc(-c3ccoc3)c(NC3CCNCC3)n2)c1.O=CC(F)(F)F. The van der Waals surface area contributed by atoms with E-state index in [2.05, 4.69) is 20.9 Å². The van der Waals surface area contributed by atoms with Crippen LogP contribution < -0.4 is 16.0 Å². The molecule has 1 aliphatic rings. The molecule has 3 heterocycles. The lowest BCUT2D eigenvalue weighted by Crippen LogP contribution is -2.35. The first kappa shape index (κ1) is 23.6. The molecule has 2 aromatic heterocycles. The van der Waals surface area contributed by atoms with Crippen LogP contribution in [0, 0.1) is 0 Å². The Morgan fingerprint density at radius 1 is 1.22 bits per heavy atom. The second kappa shape index (κ2) is 11.0. The normalized spacial score (nSPS) is 14.2. The Kier molecular flexibility index (Phi) is 8.07. The van der Waals surface area contributed by atoms with Gasteiger partial charge in [0, 0.05) is 34.1 Å². The van der Waals surface area contributed by atoms with Gasteiger partial charge in [-0.15, -0.1) is 0 Å². The summed E-state index contributed by atoms with van der Waals surface area (Å²) in [5, 5.41) is 10.8. The Bertz CT molecular complexity index is 1010. The fourth-order valence-corrected chi connectivity index (χ4v) is 3.23. The maximum Gasteiger partial charge on any atom is 0.446 e. The predicted octanol–water partition coefficient (Wildman–Crippen LogP) is 5.05. The number of furan rings is 1. The van der Waals surface area contributed by atoms with Crippen LogP contribution in [0.5, 0.6) is 0 Å². The van der Waals surface area contributed by atoms with Crippen LogP contribution in [0.25, 0.3) is 11.1 Å². The number of nitrogens with one attached hydrogen (secondary N) is 3. The van der Waals surface area contributed by atoms with Gasteiger partial charge in [-0.1, -0.05) is 17.7 Å². The minimum atomic E-state index is -4.64. The molecule has 170 valence electrons. The van der Waals surface area contributed by atoms with E-state index in [0.717, 1.165) is 48.6 Å². The molecule has 1 aromatic carbocycles. The zero-order chi connectivity index (χ0) is 23.0. The number of alkyl halides is 3. The van der Waals surface area contributed by atoms with E-state index in [0.29, 0.717) is 17.0 Å². The Morgan fingerprint density at radius 2 is 1.97 bits per heavy atom. The Morgan fingerprint density at radius 3 is 2.59 bits per heavy atom. The highest BCUT2D eigenvalue weighted by Gasteiger charge is 2.25. The fourth-order valence-electron chi connectivity index (χ4n) is 3.04. The van der Waals surface area contributed by atoms with Crippen molar-refractivity contribution in [3.05, 3.63) is 54.1 Å². The molecule has 0 radical (unpaired) electrons. The quantitative estimate of drug-likeness (QED) is 0.452. The van der Waals surface area contributed by atoms with Gasteiger partial charge in [0.15, 0.2) is 0 Å².